The molecular weight excluding hydrogens is 1020 g/mol. The van der Waals surface area contributed by atoms with Gasteiger partial charge in [0.2, 0.25) is 0 Å². The summed E-state index contributed by atoms with van der Waals surface area (Å²) in [6, 6.07) is 6.34. The lowest BCUT2D eigenvalue weighted by Crippen LogP contribution is -2.55. The number of likely N-dealkylation sites (tertiary alicyclic amines) is 2. The van der Waals surface area contributed by atoms with E-state index >= 15 is 0 Å². The quantitative estimate of drug-likeness (QED) is 0.183. The Morgan fingerprint density at radius 1 is 0.684 bits per heavy atom. The second kappa shape index (κ2) is 25.5. The molecule has 2 saturated heterocycles. The van der Waals surface area contributed by atoms with Crippen LogP contribution in [-0.2, 0) is 36.7 Å². The Morgan fingerprint density at radius 2 is 1.06 bits per heavy atom. The van der Waals surface area contributed by atoms with E-state index in [1.54, 1.807) is 65.5 Å². The summed E-state index contributed by atoms with van der Waals surface area (Å²) in [6.07, 6.45) is 0.199. The molecule has 2 fully saturated rings. The minimum absolute atomic E-state index is 0.0858. The number of hydrogen-bond donors (Lipinski definition) is 2. The van der Waals surface area contributed by atoms with Gasteiger partial charge in [-0.15, -0.1) is 0 Å². The first-order chi connectivity index (χ1) is 36.7. The van der Waals surface area contributed by atoms with E-state index in [0.717, 1.165) is 24.0 Å². The average Bonchev–Trinajstić information content (AvgIpc) is 3.49. The van der Waals surface area contributed by atoms with Crippen LogP contribution in [-0.4, -0.2) is 167 Å². The summed E-state index contributed by atoms with van der Waals surface area (Å²) in [4.78, 5) is 102. The van der Waals surface area contributed by atoms with Crippen molar-refractivity contribution in [2.24, 2.45) is 5.73 Å². The molecule has 4 aliphatic rings. The molecule has 0 radical (unpaired) electrons. The Hall–Kier alpha value is -6.25. The third-order valence-corrected chi connectivity index (χ3v) is 14.1. The van der Waals surface area contributed by atoms with Crippen molar-refractivity contribution in [1.29, 1.82) is 0 Å². The lowest BCUT2D eigenvalue weighted by Gasteiger charge is -2.42. The van der Waals surface area contributed by atoms with Gasteiger partial charge in [0, 0.05) is 75.6 Å². The molecule has 4 heterocycles. The largest absolute Gasteiger partial charge is 0.476 e. The number of hydrogen-bond acceptors (Lipinski definition) is 12. The second-order valence-electron chi connectivity index (χ2n) is 24.2. The molecule has 0 unspecified atom stereocenters. The molecule has 0 bridgehead atoms. The van der Waals surface area contributed by atoms with E-state index < -0.39 is 46.7 Å². The van der Waals surface area contributed by atoms with Gasteiger partial charge in [-0.3, -0.25) is 24.0 Å². The Bertz CT molecular complexity index is 2580. The van der Waals surface area contributed by atoms with Crippen molar-refractivity contribution in [1.82, 2.24) is 24.9 Å². The number of aryl methyl sites for hydroxylation is 2. The van der Waals surface area contributed by atoms with Crippen LogP contribution >= 0.6 is 0 Å². The molecule has 0 saturated carbocycles. The van der Waals surface area contributed by atoms with Crippen LogP contribution < -0.4 is 30.3 Å². The number of alkyl halides is 2. The lowest BCUT2D eigenvalue weighted by molar-refractivity contribution is -0.133. The third kappa shape index (κ3) is 15.4. The number of carbonyl (C=O) groups is 7. The molecule has 440 valence electrons. The zero-order valence-corrected chi connectivity index (χ0v) is 49.6. The minimum atomic E-state index is -3.17. The second-order valence-corrected chi connectivity index (χ2v) is 24.2. The highest BCUT2D eigenvalue weighted by molar-refractivity contribution is 6.06. The molecule has 0 aliphatic carbocycles. The van der Waals surface area contributed by atoms with Crippen LogP contribution in [0.3, 0.4) is 0 Å². The number of piperidine rings is 2. The lowest BCUT2D eigenvalue weighted by atomic mass is 9.96. The van der Waals surface area contributed by atoms with Crippen LogP contribution in [0.25, 0.3) is 0 Å². The summed E-state index contributed by atoms with van der Waals surface area (Å²) in [6.45, 7) is 31.6. The predicted octanol–water partition coefficient (Wildman–Crippen LogP) is 8.35. The molecule has 6 rings (SSSR count). The van der Waals surface area contributed by atoms with Gasteiger partial charge in [-0.05, 0) is 171 Å². The molecule has 3 N–H and O–H groups in total. The number of ether oxygens (including phenoxy) is 4. The van der Waals surface area contributed by atoms with Crippen LogP contribution in [0.15, 0.2) is 24.3 Å². The van der Waals surface area contributed by atoms with Gasteiger partial charge in [0.25, 0.3) is 29.5 Å². The average molecular weight is 1110 g/mol. The van der Waals surface area contributed by atoms with Gasteiger partial charge in [0.05, 0.1) is 23.5 Å². The number of halogens is 2. The molecule has 19 nitrogen and oxygen atoms in total. The normalized spacial score (nSPS) is 18.9. The number of carbonyl (C=O) groups excluding carboxylic acids is 7. The predicted molar refractivity (Wildman–Crippen MR) is 298 cm³/mol. The number of amides is 7. The van der Waals surface area contributed by atoms with E-state index in [0.29, 0.717) is 99.0 Å². The molecule has 2 atom stereocenters. The first kappa shape index (κ1) is 63.6. The van der Waals surface area contributed by atoms with Crippen molar-refractivity contribution in [3.8, 4) is 11.5 Å². The number of rotatable bonds is 14. The van der Waals surface area contributed by atoms with Crippen LogP contribution in [0.2, 0.25) is 0 Å². The molecule has 7 amide bonds. The van der Waals surface area contributed by atoms with Crippen molar-refractivity contribution >= 4 is 53.1 Å². The van der Waals surface area contributed by atoms with E-state index in [2.05, 4.69) is 5.32 Å². The highest BCUT2D eigenvalue weighted by Gasteiger charge is 2.45. The molecule has 0 aromatic heterocycles. The fourth-order valence-electron chi connectivity index (χ4n) is 10.5. The maximum atomic E-state index is 14.3. The van der Waals surface area contributed by atoms with E-state index in [-0.39, 0.29) is 61.1 Å². The summed E-state index contributed by atoms with van der Waals surface area (Å²) in [5.74, 6) is -1.43. The van der Waals surface area contributed by atoms with Gasteiger partial charge in [-0.2, -0.15) is 8.78 Å². The van der Waals surface area contributed by atoms with Crippen LogP contribution in [0.1, 0.15) is 168 Å². The zero-order valence-electron chi connectivity index (χ0n) is 49.6. The SMILES string of the molecule is CCc1cc2c(cc1C(=O)N(C(C)C)[C@@H]1CCCN(C(=O)OC(C)(C)C)C1)N(CCN)C(=O)C(C)(C)O2.CCc1cc2c(cc1C(=O)N(C(C)C)[C@@H]1CCCN(C(=O)OC(C)(C)C)C1)N(CCNC(=O)C(F)F)C(=O)C(C)(C)O2. The summed E-state index contributed by atoms with van der Waals surface area (Å²) < 4.78 is 48.7. The fraction of sp³-hybridized carbons (Fsp3) is 0.672. The van der Waals surface area contributed by atoms with Crippen molar-refractivity contribution < 1.29 is 61.3 Å². The molecule has 21 heteroatoms. The van der Waals surface area contributed by atoms with Crippen molar-refractivity contribution in [2.45, 2.75) is 202 Å². The number of nitrogens with one attached hydrogen (secondary N) is 1. The summed E-state index contributed by atoms with van der Waals surface area (Å²) in [5, 5.41) is 2.13. The standard InChI is InChI=1S/C30H44F2N4O6.C28H44N4O5/c1-9-19-15-23-22(35(27(39)30(7,8)41-23)14-12-33-25(37)24(31)32)16-21(19)26(38)36(18(2)3)20-11-10-13-34(17-20)28(40)42-29(4,5)6;1-9-19-15-23-22(31(14-12-29)25(34)28(7,8)36-23)16-21(19)24(33)32(18(2)3)20-11-10-13-30(17-20)26(35)37-27(4,5)6/h15-16,18,20,24H,9-14,17H2,1-8H3,(H,33,37);15-16,18,20H,9-14,17,29H2,1-8H3/t2*20-/m11/s1. The van der Waals surface area contributed by atoms with E-state index in [9.17, 15) is 42.3 Å². The highest BCUT2D eigenvalue weighted by atomic mass is 19.3. The van der Waals surface area contributed by atoms with Crippen molar-refractivity contribution in [3.05, 3.63) is 46.5 Å². The van der Waals surface area contributed by atoms with Gasteiger partial charge >= 0.3 is 18.6 Å². The molecule has 2 aromatic carbocycles. The molecule has 79 heavy (non-hydrogen) atoms. The van der Waals surface area contributed by atoms with Crippen molar-refractivity contribution in [2.75, 3.05) is 62.2 Å². The van der Waals surface area contributed by atoms with Gasteiger partial charge in [0.1, 0.15) is 22.7 Å². The number of benzene rings is 2. The topological polar surface area (TPSA) is 214 Å². The Kier molecular flexibility index (Phi) is 20.5. The molecule has 4 aliphatic heterocycles. The number of fused-ring (bicyclic) bond motifs is 2. The number of nitrogens with two attached hydrogens (primary N) is 1. The minimum Gasteiger partial charge on any atom is -0.476 e. The molecular formula is C58H88F2N8O11. The van der Waals surface area contributed by atoms with E-state index in [4.69, 9.17) is 24.7 Å². The van der Waals surface area contributed by atoms with Crippen LogP contribution in [0.4, 0.5) is 29.7 Å². The number of anilines is 2. The summed E-state index contributed by atoms with van der Waals surface area (Å²) in [5.41, 5.74) is 5.75. The fourth-order valence-corrected chi connectivity index (χ4v) is 10.5. The molecule has 2 aromatic rings. The summed E-state index contributed by atoms with van der Waals surface area (Å²) >= 11 is 0. The summed E-state index contributed by atoms with van der Waals surface area (Å²) in [7, 11) is 0. The maximum absolute atomic E-state index is 14.3. The smallest absolute Gasteiger partial charge is 0.410 e. The first-order valence-electron chi connectivity index (χ1n) is 27.9. The van der Waals surface area contributed by atoms with E-state index in [1.807, 2.05) is 94.1 Å². The van der Waals surface area contributed by atoms with Gasteiger partial charge in [-0.1, -0.05) is 13.8 Å². The Morgan fingerprint density at radius 3 is 1.39 bits per heavy atom. The number of nitrogens with zero attached hydrogens (tertiary/aromatic N) is 6. The Balaban J connectivity index is 0.000000293. The van der Waals surface area contributed by atoms with Crippen LogP contribution in [0, 0.1) is 0 Å². The monoisotopic (exact) mass is 1110 g/mol. The highest BCUT2D eigenvalue weighted by Crippen LogP contribution is 2.42. The van der Waals surface area contributed by atoms with Gasteiger partial charge in [0.15, 0.2) is 11.2 Å². The van der Waals surface area contributed by atoms with Crippen molar-refractivity contribution in [3.63, 3.8) is 0 Å². The first-order valence-corrected chi connectivity index (χ1v) is 27.9. The third-order valence-electron chi connectivity index (χ3n) is 14.1. The van der Waals surface area contributed by atoms with Gasteiger partial charge in [-0.25, -0.2) is 9.59 Å². The zero-order chi connectivity index (χ0) is 59.3. The van der Waals surface area contributed by atoms with E-state index in [1.165, 1.54) is 4.90 Å². The maximum Gasteiger partial charge on any atom is 0.410 e. The Labute approximate surface area is 466 Å². The van der Waals surface area contributed by atoms with Crippen LogP contribution in [0.5, 0.6) is 11.5 Å². The molecule has 0 spiro atoms. The van der Waals surface area contributed by atoms with Gasteiger partial charge < -0.3 is 59.4 Å².